The molecule has 0 aliphatic rings. The Kier molecular flexibility index (Phi) is 3.65. The minimum Gasteiger partial charge on any atom is -0.378 e. The van der Waals surface area contributed by atoms with Crippen molar-refractivity contribution in [3.63, 3.8) is 0 Å². The molecule has 3 aromatic rings. The van der Waals surface area contributed by atoms with Crippen LogP contribution in [0.25, 0.3) is 11.2 Å². The van der Waals surface area contributed by atoms with Crippen LogP contribution < -0.4 is 5.32 Å². The van der Waals surface area contributed by atoms with Gasteiger partial charge in [0.15, 0.2) is 5.65 Å². The number of hydrogen-bond acceptors (Lipinski definition) is 5. The van der Waals surface area contributed by atoms with Gasteiger partial charge in [0, 0.05) is 7.05 Å². The molecule has 0 aliphatic carbocycles. The van der Waals surface area contributed by atoms with Gasteiger partial charge in [0.05, 0.1) is 35.5 Å². The van der Waals surface area contributed by atoms with Gasteiger partial charge in [0.2, 0.25) is 0 Å². The SMILES string of the molecule is Cc1cc(C#N)ncc1NCc1cc(Cl)c2ncn(C)c2n1. The van der Waals surface area contributed by atoms with Gasteiger partial charge in [-0.2, -0.15) is 5.26 Å². The number of fused-ring (bicyclic) bond motifs is 1. The third-order valence-corrected chi connectivity index (χ3v) is 3.65. The number of halogens is 1. The lowest BCUT2D eigenvalue weighted by atomic mass is 10.2. The lowest BCUT2D eigenvalue weighted by Crippen LogP contribution is -2.05. The topological polar surface area (TPSA) is 79.4 Å². The molecule has 3 rings (SSSR count). The van der Waals surface area contributed by atoms with Crippen molar-refractivity contribution in [2.75, 3.05) is 5.32 Å². The molecule has 0 saturated heterocycles. The number of aryl methyl sites for hydroxylation is 2. The van der Waals surface area contributed by atoms with Crippen LogP contribution in [-0.2, 0) is 13.6 Å². The molecule has 0 spiro atoms. The summed E-state index contributed by atoms with van der Waals surface area (Å²) in [5, 5.41) is 12.7. The monoisotopic (exact) mass is 312 g/mol. The summed E-state index contributed by atoms with van der Waals surface area (Å²) in [6.45, 7) is 2.44. The van der Waals surface area contributed by atoms with E-state index in [1.165, 1.54) is 0 Å². The van der Waals surface area contributed by atoms with E-state index < -0.39 is 0 Å². The highest BCUT2D eigenvalue weighted by molar-refractivity contribution is 6.34. The fourth-order valence-corrected chi connectivity index (χ4v) is 2.44. The smallest absolute Gasteiger partial charge is 0.161 e. The van der Waals surface area contributed by atoms with Gasteiger partial charge in [-0.15, -0.1) is 0 Å². The molecule has 0 aromatic carbocycles. The molecule has 6 nitrogen and oxygen atoms in total. The zero-order chi connectivity index (χ0) is 15.7. The van der Waals surface area contributed by atoms with Crippen molar-refractivity contribution >= 4 is 28.5 Å². The molecule has 0 unspecified atom stereocenters. The molecule has 1 N–H and O–H groups in total. The molecule has 0 amide bonds. The summed E-state index contributed by atoms with van der Waals surface area (Å²) < 4.78 is 1.83. The fourth-order valence-electron chi connectivity index (χ4n) is 2.19. The molecule has 110 valence electrons. The maximum Gasteiger partial charge on any atom is 0.161 e. The van der Waals surface area contributed by atoms with Crippen LogP contribution in [0.5, 0.6) is 0 Å². The minimum absolute atomic E-state index is 0.403. The third-order valence-electron chi connectivity index (χ3n) is 3.36. The Morgan fingerprint density at radius 3 is 2.91 bits per heavy atom. The van der Waals surface area contributed by atoms with Crippen LogP contribution in [0, 0.1) is 18.3 Å². The summed E-state index contributed by atoms with van der Waals surface area (Å²) in [4.78, 5) is 12.8. The average Bonchev–Trinajstić information content (AvgIpc) is 2.88. The molecule has 7 heteroatoms. The summed E-state index contributed by atoms with van der Waals surface area (Å²) in [7, 11) is 1.88. The summed E-state index contributed by atoms with van der Waals surface area (Å²) in [5.41, 5.74) is 4.48. The first-order chi connectivity index (χ1) is 10.6. The minimum atomic E-state index is 0.403. The summed E-state index contributed by atoms with van der Waals surface area (Å²) in [5.74, 6) is 0. The number of aromatic nitrogens is 4. The van der Waals surface area contributed by atoms with E-state index in [0.717, 1.165) is 22.6 Å². The number of nitrogens with zero attached hydrogens (tertiary/aromatic N) is 5. The van der Waals surface area contributed by atoms with Gasteiger partial charge in [-0.3, -0.25) is 0 Å². The predicted molar refractivity (Wildman–Crippen MR) is 84.5 cm³/mol. The predicted octanol–water partition coefficient (Wildman–Crippen LogP) is 2.81. The molecule has 3 aromatic heterocycles. The van der Waals surface area contributed by atoms with E-state index in [0.29, 0.717) is 22.8 Å². The second kappa shape index (κ2) is 5.62. The van der Waals surface area contributed by atoms with E-state index in [1.807, 2.05) is 24.6 Å². The largest absolute Gasteiger partial charge is 0.378 e. The van der Waals surface area contributed by atoms with E-state index in [1.54, 1.807) is 24.7 Å². The zero-order valence-corrected chi connectivity index (χ0v) is 12.9. The van der Waals surface area contributed by atoms with Crippen LogP contribution in [0.4, 0.5) is 5.69 Å². The van der Waals surface area contributed by atoms with Gasteiger partial charge >= 0.3 is 0 Å². The normalized spacial score (nSPS) is 10.6. The van der Waals surface area contributed by atoms with Crippen molar-refractivity contribution in [2.45, 2.75) is 13.5 Å². The highest BCUT2D eigenvalue weighted by Crippen LogP contribution is 2.22. The number of rotatable bonds is 3. The Labute approximate surface area is 132 Å². The van der Waals surface area contributed by atoms with Crippen molar-refractivity contribution in [3.05, 3.63) is 46.6 Å². The molecule has 0 fully saturated rings. The molecule has 0 aliphatic heterocycles. The lowest BCUT2D eigenvalue weighted by molar-refractivity contribution is 0.919. The Hall–Kier alpha value is -2.65. The quantitative estimate of drug-likeness (QED) is 0.804. The first-order valence-electron chi connectivity index (χ1n) is 6.65. The van der Waals surface area contributed by atoms with Crippen LogP contribution in [0.3, 0.4) is 0 Å². The number of hydrogen-bond donors (Lipinski definition) is 1. The zero-order valence-electron chi connectivity index (χ0n) is 12.1. The molecule has 0 radical (unpaired) electrons. The molecule has 22 heavy (non-hydrogen) atoms. The highest BCUT2D eigenvalue weighted by Gasteiger charge is 2.09. The molecule has 0 bridgehead atoms. The Morgan fingerprint density at radius 1 is 1.36 bits per heavy atom. The standard InChI is InChI=1S/C15H13ClN6/c1-9-3-10(5-17)18-7-13(9)19-6-11-4-12(16)14-15(21-11)22(2)8-20-14/h3-4,7-8,19H,6H2,1-2H3. The van der Waals surface area contributed by atoms with Crippen molar-refractivity contribution in [1.82, 2.24) is 19.5 Å². The van der Waals surface area contributed by atoms with Gasteiger partial charge in [0.1, 0.15) is 17.3 Å². The number of nitriles is 1. The van der Waals surface area contributed by atoms with Gasteiger partial charge < -0.3 is 9.88 Å². The lowest BCUT2D eigenvalue weighted by Gasteiger charge is -2.09. The van der Waals surface area contributed by atoms with E-state index >= 15 is 0 Å². The van der Waals surface area contributed by atoms with Crippen molar-refractivity contribution in [2.24, 2.45) is 7.05 Å². The summed E-state index contributed by atoms with van der Waals surface area (Å²) in [6.07, 6.45) is 3.34. The Balaban J connectivity index is 1.85. The van der Waals surface area contributed by atoms with E-state index in [9.17, 15) is 0 Å². The van der Waals surface area contributed by atoms with Gasteiger partial charge in [0.25, 0.3) is 0 Å². The maximum atomic E-state index is 8.83. The van der Waals surface area contributed by atoms with Crippen LogP contribution in [0.15, 0.2) is 24.7 Å². The molecular weight excluding hydrogens is 300 g/mol. The second-order valence-electron chi connectivity index (χ2n) is 4.97. The molecule has 0 saturated carbocycles. The van der Waals surface area contributed by atoms with Crippen molar-refractivity contribution in [1.29, 1.82) is 5.26 Å². The first-order valence-corrected chi connectivity index (χ1v) is 7.03. The van der Waals surface area contributed by atoms with Gasteiger partial charge in [-0.1, -0.05) is 11.6 Å². The number of nitrogens with one attached hydrogen (secondary N) is 1. The number of anilines is 1. The van der Waals surface area contributed by atoms with Crippen LogP contribution in [0.1, 0.15) is 17.0 Å². The van der Waals surface area contributed by atoms with Gasteiger partial charge in [-0.05, 0) is 24.6 Å². The number of pyridine rings is 2. The van der Waals surface area contributed by atoms with Crippen LogP contribution in [0.2, 0.25) is 5.02 Å². The molecule has 0 atom stereocenters. The molecular formula is C15H13ClN6. The second-order valence-corrected chi connectivity index (χ2v) is 5.38. The Morgan fingerprint density at radius 2 is 2.18 bits per heavy atom. The van der Waals surface area contributed by atoms with Crippen LogP contribution in [-0.4, -0.2) is 19.5 Å². The summed E-state index contributed by atoms with van der Waals surface area (Å²) >= 11 is 6.24. The third kappa shape index (κ3) is 2.59. The number of imidazole rings is 1. The highest BCUT2D eigenvalue weighted by atomic mass is 35.5. The van der Waals surface area contributed by atoms with E-state index in [2.05, 4.69) is 20.3 Å². The van der Waals surface area contributed by atoms with E-state index in [4.69, 9.17) is 16.9 Å². The van der Waals surface area contributed by atoms with Crippen molar-refractivity contribution < 1.29 is 0 Å². The Bertz CT molecular complexity index is 893. The molecule has 3 heterocycles. The van der Waals surface area contributed by atoms with Crippen LogP contribution >= 0.6 is 11.6 Å². The fraction of sp³-hybridized carbons (Fsp3) is 0.200. The first kappa shape index (κ1) is 14.3. The average molecular weight is 313 g/mol. The maximum absolute atomic E-state index is 8.83. The van der Waals surface area contributed by atoms with E-state index in [-0.39, 0.29) is 0 Å². The summed E-state index contributed by atoms with van der Waals surface area (Å²) in [6, 6.07) is 5.57. The van der Waals surface area contributed by atoms with Gasteiger partial charge in [-0.25, -0.2) is 15.0 Å². The van der Waals surface area contributed by atoms with Crippen molar-refractivity contribution in [3.8, 4) is 6.07 Å².